The summed E-state index contributed by atoms with van der Waals surface area (Å²) in [4.78, 5) is 21.2. The predicted molar refractivity (Wildman–Crippen MR) is 109 cm³/mol. The molecule has 1 heterocycles. The van der Waals surface area contributed by atoms with Crippen molar-refractivity contribution in [3.63, 3.8) is 0 Å². The maximum Gasteiger partial charge on any atom is 0.257 e. The number of amides is 1. The van der Waals surface area contributed by atoms with Crippen molar-refractivity contribution in [1.29, 1.82) is 0 Å². The molecule has 1 aromatic heterocycles. The molecule has 0 aliphatic rings. The molecule has 0 unspecified atom stereocenters. The van der Waals surface area contributed by atoms with Crippen molar-refractivity contribution < 1.29 is 4.79 Å². The molecule has 0 fully saturated rings. The Morgan fingerprint density at radius 2 is 1.81 bits per heavy atom. The van der Waals surface area contributed by atoms with Crippen molar-refractivity contribution in [2.45, 2.75) is 20.4 Å². The second-order valence-electron chi connectivity index (χ2n) is 6.27. The number of anilines is 1. The third-order valence-corrected chi connectivity index (χ3v) is 4.18. The Morgan fingerprint density at radius 3 is 2.52 bits per heavy atom. The van der Waals surface area contributed by atoms with Crippen LogP contribution in [-0.2, 0) is 6.54 Å². The number of hydrogen-bond acceptors (Lipinski definition) is 3. The molecule has 136 valence electrons. The SMILES string of the molecule is Cc1ccc(NC(=NCc2cccnc2)NC(=O)c2ccccc2)cc1C. The number of aromatic nitrogens is 1. The molecule has 0 spiro atoms. The highest BCUT2D eigenvalue weighted by Crippen LogP contribution is 2.14. The van der Waals surface area contributed by atoms with Crippen LogP contribution in [0, 0.1) is 13.8 Å². The molecule has 2 aromatic carbocycles. The van der Waals surface area contributed by atoms with Crippen LogP contribution in [-0.4, -0.2) is 16.9 Å². The summed E-state index contributed by atoms with van der Waals surface area (Å²) < 4.78 is 0. The summed E-state index contributed by atoms with van der Waals surface area (Å²) in [5.74, 6) is 0.188. The van der Waals surface area contributed by atoms with Crippen molar-refractivity contribution in [2.75, 3.05) is 5.32 Å². The molecule has 3 aromatic rings. The summed E-state index contributed by atoms with van der Waals surface area (Å²) >= 11 is 0. The number of carbonyl (C=O) groups is 1. The average Bonchev–Trinajstić information content (AvgIpc) is 2.70. The summed E-state index contributed by atoms with van der Waals surface area (Å²) in [7, 11) is 0. The third-order valence-electron chi connectivity index (χ3n) is 4.18. The first-order valence-electron chi connectivity index (χ1n) is 8.76. The van der Waals surface area contributed by atoms with E-state index in [1.54, 1.807) is 24.5 Å². The maximum absolute atomic E-state index is 12.5. The smallest absolute Gasteiger partial charge is 0.257 e. The van der Waals surface area contributed by atoms with Crippen LogP contribution in [0.2, 0.25) is 0 Å². The molecule has 1 amide bonds. The Morgan fingerprint density at radius 1 is 1.00 bits per heavy atom. The largest absolute Gasteiger partial charge is 0.326 e. The standard InChI is InChI=1S/C22H22N4O/c1-16-10-11-20(13-17(16)2)25-22(24-15-18-7-6-12-23-14-18)26-21(27)19-8-4-3-5-9-19/h3-14H,15H2,1-2H3,(H2,24,25,26,27). The zero-order valence-corrected chi connectivity index (χ0v) is 15.4. The monoisotopic (exact) mass is 358 g/mol. The van der Waals surface area contributed by atoms with Gasteiger partial charge in [0.2, 0.25) is 5.96 Å². The Balaban J connectivity index is 1.81. The second kappa shape index (κ2) is 8.76. The minimum atomic E-state index is -0.211. The number of benzene rings is 2. The van der Waals surface area contributed by atoms with Crippen molar-refractivity contribution in [2.24, 2.45) is 4.99 Å². The first kappa shape index (κ1) is 18.3. The highest BCUT2D eigenvalue weighted by Gasteiger charge is 2.09. The number of nitrogens with zero attached hydrogens (tertiary/aromatic N) is 2. The van der Waals surface area contributed by atoms with Gasteiger partial charge in [0.05, 0.1) is 6.54 Å². The van der Waals surface area contributed by atoms with E-state index in [1.807, 2.05) is 48.5 Å². The topological polar surface area (TPSA) is 66.4 Å². The molecule has 0 aliphatic heterocycles. The van der Waals surface area contributed by atoms with Gasteiger partial charge in [-0.2, -0.15) is 0 Å². The van der Waals surface area contributed by atoms with Gasteiger partial charge >= 0.3 is 0 Å². The van der Waals surface area contributed by atoms with Gasteiger partial charge in [-0.3, -0.25) is 15.1 Å². The second-order valence-corrected chi connectivity index (χ2v) is 6.27. The molecule has 0 bridgehead atoms. The highest BCUT2D eigenvalue weighted by molar-refractivity contribution is 6.09. The lowest BCUT2D eigenvalue weighted by atomic mass is 10.1. The number of aliphatic imine (C=N–C) groups is 1. The Labute approximate surface area is 159 Å². The normalized spacial score (nSPS) is 11.1. The van der Waals surface area contributed by atoms with E-state index in [9.17, 15) is 4.79 Å². The molecule has 0 radical (unpaired) electrons. The predicted octanol–water partition coefficient (Wildman–Crippen LogP) is 4.10. The van der Waals surface area contributed by atoms with Gasteiger partial charge in [0.25, 0.3) is 5.91 Å². The zero-order valence-electron chi connectivity index (χ0n) is 15.4. The fourth-order valence-corrected chi connectivity index (χ4v) is 2.50. The Kier molecular flexibility index (Phi) is 5.94. The van der Waals surface area contributed by atoms with E-state index in [-0.39, 0.29) is 5.91 Å². The Bertz CT molecular complexity index is 937. The van der Waals surface area contributed by atoms with Gasteiger partial charge in [-0.15, -0.1) is 0 Å². The highest BCUT2D eigenvalue weighted by atomic mass is 16.1. The summed E-state index contributed by atoms with van der Waals surface area (Å²) in [6.45, 7) is 4.53. The van der Waals surface area contributed by atoms with Gasteiger partial charge in [-0.25, -0.2) is 4.99 Å². The molecule has 3 rings (SSSR count). The lowest BCUT2D eigenvalue weighted by Gasteiger charge is -2.13. The van der Waals surface area contributed by atoms with E-state index in [0.29, 0.717) is 18.1 Å². The van der Waals surface area contributed by atoms with Crippen LogP contribution in [0.5, 0.6) is 0 Å². The number of guanidine groups is 1. The molecular weight excluding hydrogens is 336 g/mol. The van der Waals surface area contributed by atoms with Crippen LogP contribution in [0.4, 0.5) is 5.69 Å². The number of pyridine rings is 1. The van der Waals surface area contributed by atoms with Crippen molar-refractivity contribution in [3.8, 4) is 0 Å². The van der Waals surface area contributed by atoms with E-state index >= 15 is 0 Å². The molecule has 0 saturated carbocycles. The quantitative estimate of drug-likeness (QED) is 0.545. The van der Waals surface area contributed by atoms with Gasteiger partial charge in [0.15, 0.2) is 0 Å². The fourth-order valence-electron chi connectivity index (χ4n) is 2.50. The third kappa shape index (κ3) is 5.25. The molecule has 0 saturated heterocycles. The summed E-state index contributed by atoms with van der Waals surface area (Å²) in [5.41, 5.74) is 4.79. The van der Waals surface area contributed by atoms with Crippen molar-refractivity contribution in [1.82, 2.24) is 10.3 Å². The van der Waals surface area contributed by atoms with E-state index in [4.69, 9.17) is 0 Å². The van der Waals surface area contributed by atoms with Gasteiger partial charge in [-0.05, 0) is 60.9 Å². The van der Waals surface area contributed by atoms with Gasteiger partial charge < -0.3 is 5.32 Å². The fraction of sp³-hybridized carbons (Fsp3) is 0.136. The number of hydrogen-bond donors (Lipinski definition) is 2. The van der Waals surface area contributed by atoms with Crippen molar-refractivity contribution in [3.05, 3.63) is 95.3 Å². The molecule has 27 heavy (non-hydrogen) atoms. The van der Waals surface area contributed by atoms with Gasteiger partial charge in [0, 0.05) is 23.6 Å². The first-order chi connectivity index (χ1) is 13.1. The molecule has 2 N–H and O–H groups in total. The molecule has 5 nitrogen and oxygen atoms in total. The maximum atomic E-state index is 12.5. The van der Waals surface area contributed by atoms with Crippen molar-refractivity contribution >= 4 is 17.6 Å². The van der Waals surface area contributed by atoms with Gasteiger partial charge in [0.1, 0.15) is 0 Å². The molecule has 0 atom stereocenters. The van der Waals surface area contributed by atoms with Crippen LogP contribution in [0.15, 0.2) is 78.0 Å². The molecular formula is C22H22N4O. The lowest BCUT2D eigenvalue weighted by molar-refractivity contribution is 0.0977. The minimum absolute atomic E-state index is 0.211. The van der Waals surface area contributed by atoms with E-state index in [0.717, 1.165) is 11.3 Å². The van der Waals surface area contributed by atoms with E-state index in [1.165, 1.54) is 11.1 Å². The summed E-state index contributed by atoms with van der Waals surface area (Å²) in [6, 6.07) is 18.9. The minimum Gasteiger partial charge on any atom is -0.326 e. The van der Waals surface area contributed by atoms with Gasteiger partial charge in [-0.1, -0.05) is 30.3 Å². The van der Waals surface area contributed by atoms with E-state index in [2.05, 4.69) is 34.5 Å². The van der Waals surface area contributed by atoms with Crippen LogP contribution in [0.3, 0.4) is 0 Å². The van der Waals surface area contributed by atoms with Crippen LogP contribution in [0.1, 0.15) is 27.0 Å². The van der Waals surface area contributed by atoms with E-state index < -0.39 is 0 Å². The first-order valence-corrected chi connectivity index (χ1v) is 8.76. The molecule has 0 aliphatic carbocycles. The van der Waals surface area contributed by atoms with Crippen LogP contribution >= 0.6 is 0 Å². The Hall–Kier alpha value is -3.47. The molecule has 5 heteroatoms. The summed E-state index contributed by atoms with van der Waals surface area (Å²) in [6.07, 6.45) is 3.48. The summed E-state index contributed by atoms with van der Waals surface area (Å²) in [5, 5.41) is 6.08. The number of rotatable bonds is 4. The zero-order chi connectivity index (χ0) is 19.1. The number of nitrogens with one attached hydrogen (secondary N) is 2. The van der Waals surface area contributed by atoms with Crippen LogP contribution < -0.4 is 10.6 Å². The number of aryl methyl sites for hydroxylation is 2. The average molecular weight is 358 g/mol. The lowest BCUT2D eigenvalue weighted by Crippen LogP contribution is -2.36. The number of carbonyl (C=O) groups excluding carboxylic acids is 1. The van der Waals surface area contributed by atoms with Crippen LogP contribution in [0.25, 0.3) is 0 Å².